The smallest absolute Gasteiger partial charge is 0.339 e. The molecular formula is C27H27ClO6. The van der Waals surface area contributed by atoms with Gasteiger partial charge in [-0.1, -0.05) is 54.1 Å². The zero-order valence-electron chi connectivity index (χ0n) is 19.2. The molecule has 0 bridgehead atoms. The molecule has 0 amide bonds. The van der Waals surface area contributed by atoms with Crippen molar-refractivity contribution in [1.29, 1.82) is 0 Å². The highest BCUT2D eigenvalue weighted by Gasteiger charge is 2.39. The van der Waals surface area contributed by atoms with Crippen LogP contribution in [-0.4, -0.2) is 30.3 Å². The predicted molar refractivity (Wildman–Crippen MR) is 130 cm³/mol. The Hall–Kier alpha value is -3.25. The molecule has 0 radical (unpaired) electrons. The normalized spacial score (nSPS) is 20.0. The molecule has 0 atom stereocenters. The van der Waals surface area contributed by atoms with Crippen molar-refractivity contribution in [3.63, 3.8) is 0 Å². The van der Waals surface area contributed by atoms with Crippen molar-refractivity contribution in [3.8, 4) is 11.5 Å². The second-order valence-electron chi connectivity index (χ2n) is 8.88. The molecule has 4 rings (SSSR count). The summed E-state index contributed by atoms with van der Waals surface area (Å²) in [4.78, 5) is 24.5. The van der Waals surface area contributed by atoms with Crippen molar-refractivity contribution in [2.75, 3.05) is 7.11 Å². The number of benzene rings is 3. The summed E-state index contributed by atoms with van der Waals surface area (Å²) in [5.41, 5.74) is 0.342. The third-order valence-corrected chi connectivity index (χ3v) is 6.80. The number of hydrogen-bond acceptors (Lipinski definition) is 5. The second-order valence-corrected chi connectivity index (χ2v) is 9.29. The zero-order chi connectivity index (χ0) is 24.3. The fourth-order valence-corrected chi connectivity index (χ4v) is 4.77. The Labute approximate surface area is 203 Å². The van der Waals surface area contributed by atoms with Crippen LogP contribution in [0.5, 0.6) is 11.5 Å². The number of hydrogen-bond donors (Lipinski definition) is 1. The van der Waals surface area contributed by atoms with Crippen LogP contribution in [0, 0.1) is 5.41 Å². The lowest BCUT2D eigenvalue weighted by Crippen LogP contribution is -2.37. The van der Waals surface area contributed by atoms with Gasteiger partial charge in [-0.05, 0) is 55.0 Å². The van der Waals surface area contributed by atoms with E-state index in [1.807, 2.05) is 49.4 Å². The van der Waals surface area contributed by atoms with Crippen LogP contribution in [0.25, 0.3) is 10.8 Å². The lowest BCUT2D eigenvalue weighted by atomic mass is 9.74. The molecule has 0 saturated heterocycles. The number of ether oxygens (including phenoxy) is 3. The number of carbonyl (C=O) groups excluding carboxylic acids is 1. The van der Waals surface area contributed by atoms with Crippen LogP contribution in [-0.2, 0) is 16.1 Å². The van der Waals surface area contributed by atoms with E-state index in [9.17, 15) is 14.7 Å². The highest BCUT2D eigenvalue weighted by atomic mass is 35.5. The maximum Gasteiger partial charge on any atom is 0.339 e. The molecule has 0 unspecified atom stereocenters. The maximum atomic E-state index is 13.0. The SMILES string of the molecule is COc1c(Cl)cc(OC2CCC(C)(C(=O)OCc3cccc4ccccc34)CC2)cc1C(=O)O. The van der Waals surface area contributed by atoms with Gasteiger partial charge in [-0.3, -0.25) is 4.79 Å². The molecule has 34 heavy (non-hydrogen) atoms. The minimum atomic E-state index is -1.14. The molecule has 0 aliphatic heterocycles. The number of rotatable bonds is 7. The third kappa shape index (κ3) is 4.97. The molecule has 0 heterocycles. The van der Waals surface area contributed by atoms with Gasteiger partial charge in [-0.15, -0.1) is 0 Å². The number of carboxylic acid groups (broad SMARTS) is 1. The van der Waals surface area contributed by atoms with Gasteiger partial charge in [0.2, 0.25) is 0 Å². The first kappa shape index (κ1) is 23.9. The number of carbonyl (C=O) groups is 2. The summed E-state index contributed by atoms with van der Waals surface area (Å²) in [5, 5.41) is 11.8. The summed E-state index contributed by atoms with van der Waals surface area (Å²) in [6.45, 7) is 2.17. The van der Waals surface area contributed by atoms with Crippen LogP contribution in [0.1, 0.15) is 48.5 Å². The van der Waals surface area contributed by atoms with Gasteiger partial charge >= 0.3 is 11.9 Å². The number of carboxylic acids is 1. The molecule has 1 fully saturated rings. The number of fused-ring (bicyclic) bond motifs is 1. The number of halogens is 1. The monoisotopic (exact) mass is 482 g/mol. The van der Waals surface area contributed by atoms with Crippen LogP contribution in [0.3, 0.4) is 0 Å². The Bertz CT molecular complexity index is 1210. The highest BCUT2D eigenvalue weighted by molar-refractivity contribution is 6.32. The Balaban J connectivity index is 1.37. The van der Waals surface area contributed by atoms with E-state index in [1.165, 1.54) is 13.2 Å². The number of esters is 1. The van der Waals surface area contributed by atoms with Gasteiger partial charge in [0.25, 0.3) is 0 Å². The van der Waals surface area contributed by atoms with Gasteiger partial charge in [-0.2, -0.15) is 0 Å². The first-order valence-corrected chi connectivity index (χ1v) is 11.6. The molecule has 1 aliphatic rings. The Morgan fingerprint density at radius 1 is 1.09 bits per heavy atom. The zero-order valence-corrected chi connectivity index (χ0v) is 19.9. The van der Waals surface area contributed by atoms with Crippen LogP contribution >= 0.6 is 11.6 Å². The fourth-order valence-electron chi connectivity index (χ4n) is 4.48. The summed E-state index contributed by atoms with van der Waals surface area (Å²) in [7, 11) is 1.37. The van der Waals surface area contributed by atoms with Gasteiger partial charge in [0.1, 0.15) is 17.9 Å². The molecule has 0 aromatic heterocycles. The minimum Gasteiger partial charge on any atom is -0.494 e. The van der Waals surface area contributed by atoms with E-state index in [1.54, 1.807) is 6.07 Å². The summed E-state index contributed by atoms with van der Waals surface area (Å²) >= 11 is 6.18. The number of methoxy groups -OCH3 is 1. The molecule has 1 aliphatic carbocycles. The van der Waals surface area contributed by atoms with Crippen LogP contribution in [0.2, 0.25) is 5.02 Å². The molecule has 178 valence electrons. The van der Waals surface area contributed by atoms with Gasteiger partial charge in [0.15, 0.2) is 5.75 Å². The van der Waals surface area contributed by atoms with Crippen molar-refractivity contribution >= 4 is 34.3 Å². The second kappa shape index (κ2) is 9.94. The Morgan fingerprint density at radius 3 is 2.50 bits per heavy atom. The average Bonchev–Trinajstić information content (AvgIpc) is 2.83. The van der Waals surface area contributed by atoms with E-state index < -0.39 is 11.4 Å². The number of aromatic carboxylic acids is 1. The lowest BCUT2D eigenvalue weighted by Gasteiger charge is -2.35. The summed E-state index contributed by atoms with van der Waals surface area (Å²) in [5.74, 6) is -0.879. The van der Waals surface area contributed by atoms with Crippen LogP contribution in [0.4, 0.5) is 0 Å². The lowest BCUT2D eigenvalue weighted by molar-refractivity contribution is -0.159. The highest BCUT2D eigenvalue weighted by Crippen LogP contribution is 2.40. The molecule has 7 heteroatoms. The van der Waals surface area contributed by atoms with E-state index in [0.29, 0.717) is 31.4 Å². The molecular weight excluding hydrogens is 456 g/mol. The molecule has 3 aromatic carbocycles. The maximum absolute atomic E-state index is 13.0. The van der Waals surface area contributed by atoms with Gasteiger partial charge in [0, 0.05) is 6.07 Å². The summed E-state index contributed by atoms with van der Waals surface area (Å²) in [6, 6.07) is 17.0. The summed E-state index contributed by atoms with van der Waals surface area (Å²) < 4.78 is 16.9. The fraction of sp³-hybridized carbons (Fsp3) is 0.333. The van der Waals surface area contributed by atoms with E-state index in [0.717, 1.165) is 16.3 Å². The third-order valence-electron chi connectivity index (χ3n) is 6.52. The first-order chi connectivity index (χ1) is 16.3. The molecule has 1 saturated carbocycles. The van der Waals surface area contributed by atoms with E-state index in [2.05, 4.69) is 0 Å². The largest absolute Gasteiger partial charge is 0.494 e. The Morgan fingerprint density at radius 2 is 1.79 bits per heavy atom. The van der Waals surface area contributed by atoms with Crippen LogP contribution < -0.4 is 9.47 Å². The molecule has 0 spiro atoms. The molecule has 1 N–H and O–H groups in total. The standard InChI is InChI=1S/C27H27ClO6/c1-27(26(31)33-16-18-8-5-7-17-6-3-4-9-21(17)18)12-10-19(11-13-27)34-20-14-22(25(29)30)24(32-2)23(28)15-20/h3-9,14-15,19H,10-13,16H2,1-2H3,(H,29,30). The van der Waals surface area contributed by atoms with Crippen molar-refractivity contribution in [2.45, 2.75) is 45.3 Å². The van der Waals surface area contributed by atoms with Crippen molar-refractivity contribution in [3.05, 3.63) is 70.7 Å². The van der Waals surface area contributed by atoms with Gasteiger partial charge in [-0.25, -0.2) is 4.79 Å². The first-order valence-electron chi connectivity index (χ1n) is 11.2. The minimum absolute atomic E-state index is 0.0531. The van der Waals surface area contributed by atoms with Gasteiger partial charge in [0.05, 0.1) is 23.7 Å². The topological polar surface area (TPSA) is 82.1 Å². The quantitative estimate of drug-likeness (QED) is 0.399. The van der Waals surface area contributed by atoms with E-state index >= 15 is 0 Å². The van der Waals surface area contributed by atoms with Crippen molar-refractivity contribution in [2.24, 2.45) is 5.41 Å². The predicted octanol–water partition coefficient (Wildman–Crippen LogP) is 6.27. The average molecular weight is 483 g/mol. The van der Waals surface area contributed by atoms with E-state index in [4.69, 9.17) is 25.8 Å². The molecule has 6 nitrogen and oxygen atoms in total. The van der Waals surface area contributed by atoms with Crippen molar-refractivity contribution < 1.29 is 28.9 Å². The molecule has 3 aromatic rings. The van der Waals surface area contributed by atoms with Crippen molar-refractivity contribution in [1.82, 2.24) is 0 Å². The van der Waals surface area contributed by atoms with E-state index in [-0.39, 0.29) is 35.0 Å². The van der Waals surface area contributed by atoms with Gasteiger partial charge < -0.3 is 19.3 Å². The van der Waals surface area contributed by atoms with Crippen LogP contribution in [0.15, 0.2) is 54.6 Å². The summed E-state index contributed by atoms with van der Waals surface area (Å²) in [6.07, 6.45) is 2.37. The Kier molecular flexibility index (Phi) is 6.98.